The van der Waals surface area contributed by atoms with Crippen molar-refractivity contribution in [3.8, 4) is 5.75 Å². The Morgan fingerprint density at radius 2 is 1.75 bits per heavy atom. The third kappa shape index (κ3) is 4.93. The van der Waals surface area contributed by atoms with Crippen LogP contribution in [0, 0.1) is 0 Å². The molecular formula is C19H20BrNO3. The van der Waals surface area contributed by atoms with Gasteiger partial charge in [-0.15, -0.1) is 0 Å². The molecule has 2 rings (SSSR count). The molecular weight excluding hydrogens is 370 g/mol. The van der Waals surface area contributed by atoms with Gasteiger partial charge in [0, 0.05) is 30.0 Å². The molecule has 0 saturated carbocycles. The minimum Gasteiger partial charge on any atom is -0.484 e. The largest absolute Gasteiger partial charge is 0.484 e. The Morgan fingerprint density at radius 1 is 1.08 bits per heavy atom. The van der Waals surface area contributed by atoms with Crippen LogP contribution in [0.3, 0.4) is 0 Å². The lowest BCUT2D eigenvalue weighted by molar-refractivity contribution is -0.132. The fourth-order valence-corrected chi connectivity index (χ4v) is 2.58. The van der Waals surface area contributed by atoms with E-state index >= 15 is 0 Å². The maximum Gasteiger partial charge on any atom is 0.260 e. The summed E-state index contributed by atoms with van der Waals surface area (Å²) in [6.45, 7) is 2.29. The van der Waals surface area contributed by atoms with E-state index in [9.17, 15) is 9.59 Å². The number of halogens is 1. The topological polar surface area (TPSA) is 46.6 Å². The second-order valence-electron chi connectivity index (χ2n) is 5.43. The number of Topliss-reactive ketones (excluding diaryl/α,β-unsaturated/α-hetero) is 1. The summed E-state index contributed by atoms with van der Waals surface area (Å²) in [4.78, 5) is 25.4. The molecule has 0 radical (unpaired) electrons. The van der Waals surface area contributed by atoms with Crippen molar-refractivity contribution < 1.29 is 14.3 Å². The predicted octanol–water partition coefficient (Wildman–Crippen LogP) is 4.08. The average molecular weight is 390 g/mol. The third-order valence-corrected chi connectivity index (χ3v) is 4.42. The van der Waals surface area contributed by atoms with E-state index in [1.54, 1.807) is 36.2 Å². The first-order valence-electron chi connectivity index (χ1n) is 7.74. The first-order valence-corrected chi connectivity index (χ1v) is 8.54. The molecule has 1 amide bonds. The van der Waals surface area contributed by atoms with Gasteiger partial charge < -0.3 is 9.64 Å². The maximum absolute atomic E-state index is 12.2. The molecule has 0 aromatic heterocycles. The van der Waals surface area contributed by atoms with E-state index < -0.39 is 0 Å². The number of hydrogen-bond donors (Lipinski definition) is 0. The van der Waals surface area contributed by atoms with E-state index in [2.05, 4.69) is 15.9 Å². The van der Waals surface area contributed by atoms with Crippen LogP contribution in [-0.4, -0.2) is 30.2 Å². The molecule has 0 aliphatic heterocycles. The Morgan fingerprint density at radius 3 is 2.38 bits per heavy atom. The second-order valence-corrected chi connectivity index (χ2v) is 6.29. The van der Waals surface area contributed by atoms with Crippen LogP contribution in [0.15, 0.2) is 53.0 Å². The summed E-state index contributed by atoms with van der Waals surface area (Å²) in [5, 5.41) is 0. The van der Waals surface area contributed by atoms with E-state index in [1.807, 2.05) is 31.2 Å². The highest BCUT2D eigenvalue weighted by Gasteiger charge is 2.12. The Bertz CT molecular complexity index is 713. The molecule has 0 aliphatic rings. The van der Waals surface area contributed by atoms with Gasteiger partial charge in [0.25, 0.3) is 5.91 Å². The number of carbonyl (C=O) groups excluding carboxylic acids is 2. The fraction of sp³-hybridized carbons (Fsp3) is 0.263. The van der Waals surface area contributed by atoms with E-state index in [0.29, 0.717) is 24.3 Å². The van der Waals surface area contributed by atoms with E-state index in [0.717, 1.165) is 10.0 Å². The third-order valence-electron chi connectivity index (χ3n) is 3.65. The van der Waals surface area contributed by atoms with Crippen LogP contribution in [0.5, 0.6) is 5.75 Å². The molecule has 0 bridgehead atoms. The summed E-state index contributed by atoms with van der Waals surface area (Å²) < 4.78 is 6.48. The fourth-order valence-electron chi connectivity index (χ4n) is 2.17. The first kappa shape index (κ1) is 18.2. The molecule has 0 N–H and O–H groups in total. The zero-order valence-electron chi connectivity index (χ0n) is 13.8. The van der Waals surface area contributed by atoms with Gasteiger partial charge in [-0.05, 0) is 35.9 Å². The van der Waals surface area contributed by atoms with Crippen LogP contribution in [0.1, 0.15) is 29.3 Å². The molecule has 0 saturated heterocycles. The normalized spacial score (nSPS) is 10.3. The zero-order valence-corrected chi connectivity index (χ0v) is 15.4. The minimum absolute atomic E-state index is 0.0397. The van der Waals surface area contributed by atoms with Crippen molar-refractivity contribution in [2.24, 2.45) is 0 Å². The first-order chi connectivity index (χ1) is 11.5. The van der Waals surface area contributed by atoms with E-state index in [4.69, 9.17) is 4.74 Å². The number of rotatable bonds is 7. The maximum atomic E-state index is 12.2. The molecule has 0 heterocycles. The lowest BCUT2D eigenvalue weighted by Gasteiger charge is -2.18. The van der Waals surface area contributed by atoms with Crippen molar-refractivity contribution in [1.29, 1.82) is 0 Å². The number of ketones is 1. The monoisotopic (exact) mass is 389 g/mol. The molecule has 0 fully saturated rings. The van der Waals surface area contributed by atoms with Crippen molar-refractivity contribution in [2.75, 3.05) is 13.7 Å². The molecule has 0 atom stereocenters. The quantitative estimate of drug-likeness (QED) is 0.670. The number of ether oxygens (including phenoxy) is 1. The van der Waals surface area contributed by atoms with Crippen molar-refractivity contribution in [3.63, 3.8) is 0 Å². The van der Waals surface area contributed by atoms with E-state index in [1.165, 1.54) is 0 Å². The summed E-state index contributed by atoms with van der Waals surface area (Å²) in [7, 11) is 1.74. The lowest BCUT2D eigenvalue weighted by atomic mass is 10.1. The summed E-state index contributed by atoms with van der Waals surface area (Å²) in [6, 6.07) is 14.7. The Balaban J connectivity index is 1.88. The highest BCUT2D eigenvalue weighted by molar-refractivity contribution is 9.10. The van der Waals surface area contributed by atoms with Gasteiger partial charge >= 0.3 is 0 Å². The average Bonchev–Trinajstić information content (AvgIpc) is 2.61. The van der Waals surface area contributed by atoms with Gasteiger partial charge in [-0.3, -0.25) is 9.59 Å². The number of carbonyl (C=O) groups is 2. The number of hydrogen-bond acceptors (Lipinski definition) is 3. The van der Waals surface area contributed by atoms with Crippen LogP contribution in [0.25, 0.3) is 0 Å². The zero-order chi connectivity index (χ0) is 17.5. The van der Waals surface area contributed by atoms with Crippen LogP contribution >= 0.6 is 15.9 Å². The lowest BCUT2D eigenvalue weighted by Crippen LogP contribution is -2.31. The van der Waals surface area contributed by atoms with Gasteiger partial charge in [-0.25, -0.2) is 0 Å². The van der Waals surface area contributed by atoms with Gasteiger partial charge in [0.1, 0.15) is 5.75 Å². The molecule has 126 valence electrons. The number of likely N-dealkylation sites (N-methyl/N-ethyl adjacent to an activating group) is 1. The van der Waals surface area contributed by atoms with Gasteiger partial charge in [0.15, 0.2) is 12.4 Å². The van der Waals surface area contributed by atoms with Crippen LogP contribution < -0.4 is 4.74 Å². The molecule has 0 spiro atoms. The van der Waals surface area contributed by atoms with Crippen molar-refractivity contribution in [3.05, 3.63) is 64.1 Å². The molecule has 2 aromatic rings. The van der Waals surface area contributed by atoms with Gasteiger partial charge in [-0.1, -0.05) is 41.1 Å². The molecule has 2 aromatic carbocycles. The summed E-state index contributed by atoms with van der Waals surface area (Å²) in [6.07, 6.45) is 0.471. The second kappa shape index (κ2) is 8.64. The van der Waals surface area contributed by atoms with Crippen LogP contribution in [0.2, 0.25) is 0 Å². The van der Waals surface area contributed by atoms with Crippen molar-refractivity contribution in [1.82, 2.24) is 4.90 Å². The predicted molar refractivity (Wildman–Crippen MR) is 97.2 cm³/mol. The van der Waals surface area contributed by atoms with Crippen molar-refractivity contribution in [2.45, 2.75) is 19.9 Å². The minimum atomic E-state index is -0.112. The van der Waals surface area contributed by atoms with Crippen LogP contribution in [-0.2, 0) is 11.3 Å². The standard InChI is InChI=1S/C19H20BrNO3/c1-3-18(22)14-8-10-16(11-9-14)24-13-19(23)21(2)12-15-6-4-5-7-17(15)20/h4-11H,3,12-13H2,1-2H3. The van der Waals surface area contributed by atoms with Gasteiger partial charge in [-0.2, -0.15) is 0 Å². The Labute approximate surface area is 150 Å². The summed E-state index contributed by atoms with van der Waals surface area (Å²) in [5.41, 5.74) is 1.69. The summed E-state index contributed by atoms with van der Waals surface area (Å²) in [5.74, 6) is 0.551. The molecule has 5 heteroatoms. The van der Waals surface area contributed by atoms with Gasteiger partial charge in [0.2, 0.25) is 0 Å². The molecule has 0 unspecified atom stereocenters. The number of nitrogens with zero attached hydrogens (tertiary/aromatic N) is 1. The molecule has 0 aliphatic carbocycles. The van der Waals surface area contributed by atoms with Gasteiger partial charge in [0.05, 0.1) is 0 Å². The Hall–Kier alpha value is -2.14. The molecule has 4 nitrogen and oxygen atoms in total. The number of amides is 1. The summed E-state index contributed by atoms with van der Waals surface area (Å²) >= 11 is 3.48. The highest BCUT2D eigenvalue weighted by Crippen LogP contribution is 2.18. The van der Waals surface area contributed by atoms with Crippen molar-refractivity contribution >= 4 is 27.6 Å². The van der Waals surface area contributed by atoms with Crippen LogP contribution in [0.4, 0.5) is 0 Å². The Kier molecular flexibility index (Phi) is 6.55. The number of benzene rings is 2. The highest BCUT2D eigenvalue weighted by atomic mass is 79.9. The smallest absolute Gasteiger partial charge is 0.260 e. The van der Waals surface area contributed by atoms with E-state index in [-0.39, 0.29) is 18.3 Å². The SMILES string of the molecule is CCC(=O)c1ccc(OCC(=O)N(C)Cc2ccccc2Br)cc1. The molecule has 24 heavy (non-hydrogen) atoms.